The van der Waals surface area contributed by atoms with Crippen LogP contribution in [0.1, 0.15) is 24.1 Å². The minimum atomic E-state index is -0.252. The average Bonchev–Trinajstić information content (AvgIpc) is 2.71. The number of halogens is 1. The van der Waals surface area contributed by atoms with Gasteiger partial charge in [0.1, 0.15) is 5.82 Å². The third-order valence-corrected chi connectivity index (χ3v) is 5.22. The number of carbonyl (C=O) groups is 1. The summed E-state index contributed by atoms with van der Waals surface area (Å²) in [5, 5.41) is 3.18. The van der Waals surface area contributed by atoms with Crippen LogP contribution in [0.25, 0.3) is 0 Å². The number of hydrogen-bond donors (Lipinski definition) is 1. The average molecular weight is 400 g/mol. The Hall–Kier alpha value is -2.28. The Kier molecular flexibility index (Phi) is 7.75. The summed E-state index contributed by atoms with van der Waals surface area (Å²) in [6.45, 7) is 6.06. The number of hydrogen-bond acceptors (Lipinski definition) is 4. The molecular weight excluding hydrogens is 369 g/mol. The maximum absolute atomic E-state index is 13.1. The smallest absolute Gasteiger partial charge is 0.234 e. The van der Waals surface area contributed by atoms with Crippen molar-refractivity contribution >= 4 is 5.91 Å². The van der Waals surface area contributed by atoms with Gasteiger partial charge in [0.2, 0.25) is 5.91 Å². The molecule has 0 bridgehead atoms. The fraction of sp³-hybridized carbons (Fsp3) is 0.435. The van der Waals surface area contributed by atoms with E-state index in [9.17, 15) is 9.18 Å². The fourth-order valence-corrected chi connectivity index (χ4v) is 3.90. The van der Waals surface area contributed by atoms with Gasteiger partial charge in [0, 0.05) is 25.7 Å². The lowest BCUT2D eigenvalue weighted by molar-refractivity contribution is -0.123. The zero-order valence-electron chi connectivity index (χ0n) is 17.2. The summed E-state index contributed by atoms with van der Waals surface area (Å²) in [4.78, 5) is 17.0. The first-order valence-electron chi connectivity index (χ1n) is 10.1. The second-order valence-corrected chi connectivity index (χ2v) is 7.66. The number of likely N-dealkylation sites (N-methyl/N-ethyl adjacent to an activating group) is 1. The van der Waals surface area contributed by atoms with Crippen LogP contribution in [-0.2, 0) is 16.1 Å². The summed E-state index contributed by atoms with van der Waals surface area (Å²) < 4.78 is 18.6. The normalized spacial score (nSPS) is 17.1. The van der Waals surface area contributed by atoms with Crippen LogP contribution in [0.3, 0.4) is 0 Å². The quantitative estimate of drug-likeness (QED) is 0.742. The molecule has 1 amide bonds. The molecule has 0 spiro atoms. The Balaban J connectivity index is 1.59. The van der Waals surface area contributed by atoms with E-state index in [1.807, 2.05) is 30.1 Å². The van der Waals surface area contributed by atoms with E-state index < -0.39 is 0 Å². The lowest BCUT2D eigenvalue weighted by atomic mass is 9.98. The first kappa shape index (κ1) is 21.4. The van der Waals surface area contributed by atoms with Crippen LogP contribution in [0.5, 0.6) is 0 Å². The standard InChI is InChI=1S/C23H30FN3O2/c1-18(23(20-6-4-3-5-7-20)27-12-14-29-15-13-27)25-22(28)17-26(2)16-19-8-10-21(24)11-9-19/h3-11,18,23H,12-17H2,1-2H3,(H,25,28)/t18-,23+/m0/s1. The van der Waals surface area contributed by atoms with Crippen molar-refractivity contribution in [3.63, 3.8) is 0 Å². The number of morpholine rings is 1. The predicted molar refractivity (Wildman–Crippen MR) is 112 cm³/mol. The van der Waals surface area contributed by atoms with Crippen molar-refractivity contribution in [2.24, 2.45) is 0 Å². The number of rotatable bonds is 8. The Morgan fingerprint density at radius 3 is 2.45 bits per heavy atom. The molecule has 0 radical (unpaired) electrons. The molecule has 1 aliphatic heterocycles. The van der Waals surface area contributed by atoms with Gasteiger partial charge < -0.3 is 10.1 Å². The minimum absolute atomic E-state index is 0.0173. The minimum Gasteiger partial charge on any atom is -0.379 e. The molecule has 1 fully saturated rings. The van der Waals surface area contributed by atoms with Gasteiger partial charge in [-0.25, -0.2) is 4.39 Å². The van der Waals surface area contributed by atoms with Crippen LogP contribution >= 0.6 is 0 Å². The topological polar surface area (TPSA) is 44.8 Å². The molecule has 3 rings (SSSR count). The molecule has 0 aliphatic carbocycles. The van der Waals surface area contributed by atoms with Crippen LogP contribution in [0, 0.1) is 5.82 Å². The summed E-state index contributed by atoms with van der Waals surface area (Å²) in [5.41, 5.74) is 2.17. The van der Waals surface area contributed by atoms with E-state index in [1.54, 1.807) is 12.1 Å². The van der Waals surface area contributed by atoms with Crippen molar-refractivity contribution in [2.75, 3.05) is 39.9 Å². The van der Waals surface area contributed by atoms with Gasteiger partial charge in [0.25, 0.3) is 0 Å². The molecule has 1 heterocycles. The number of carbonyl (C=O) groups excluding carboxylic acids is 1. The van der Waals surface area contributed by atoms with Crippen molar-refractivity contribution in [3.05, 3.63) is 71.5 Å². The summed E-state index contributed by atoms with van der Waals surface area (Å²) in [5.74, 6) is -0.269. The van der Waals surface area contributed by atoms with E-state index in [-0.39, 0.29) is 30.4 Å². The summed E-state index contributed by atoms with van der Waals surface area (Å²) in [6.07, 6.45) is 0. The molecule has 1 aliphatic rings. The molecule has 29 heavy (non-hydrogen) atoms. The van der Waals surface area contributed by atoms with Gasteiger partial charge in [-0.2, -0.15) is 0 Å². The van der Waals surface area contributed by atoms with Crippen molar-refractivity contribution in [2.45, 2.75) is 25.6 Å². The van der Waals surface area contributed by atoms with Crippen molar-refractivity contribution in [1.82, 2.24) is 15.1 Å². The van der Waals surface area contributed by atoms with Crippen LogP contribution in [-0.4, -0.2) is 61.6 Å². The number of nitrogens with zero attached hydrogens (tertiary/aromatic N) is 2. The van der Waals surface area contributed by atoms with Crippen LogP contribution < -0.4 is 5.32 Å². The van der Waals surface area contributed by atoms with Crippen molar-refractivity contribution in [1.29, 1.82) is 0 Å². The molecule has 5 nitrogen and oxygen atoms in total. The summed E-state index contributed by atoms with van der Waals surface area (Å²) >= 11 is 0. The van der Waals surface area contributed by atoms with Crippen LogP contribution in [0.2, 0.25) is 0 Å². The molecule has 156 valence electrons. The maximum Gasteiger partial charge on any atom is 0.234 e. The molecule has 2 aromatic rings. The molecule has 2 atom stereocenters. The van der Waals surface area contributed by atoms with Crippen LogP contribution in [0.15, 0.2) is 54.6 Å². The number of benzene rings is 2. The van der Waals surface area contributed by atoms with Gasteiger partial charge in [0.15, 0.2) is 0 Å². The number of amides is 1. The van der Waals surface area contributed by atoms with E-state index in [0.29, 0.717) is 19.8 Å². The van der Waals surface area contributed by atoms with Gasteiger partial charge in [-0.3, -0.25) is 14.6 Å². The Labute approximate surface area is 172 Å². The van der Waals surface area contributed by atoms with Gasteiger partial charge in [-0.15, -0.1) is 0 Å². The van der Waals surface area contributed by atoms with E-state index >= 15 is 0 Å². The predicted octanol–water partition coefficient (Wildman–Crippen LogP) is 2.84. The largest absolute Gasteiger partial charge is 0.379 e. The Bertz CT molecular complexity index is 763. The molecule has 1 saturated heterocycles. The molecule has 0 unspecified atom stereocenters. The van der Waals surface area contributed by atoms with Crippen molar-refractivity contribution in [3.8, 4) is 0 Å². The molecular formula is C23H30FN3O2. The van der Waals surface area contributed by atoms with E-state index in [0.717, 1.165) is 18.7 Å². The first-order valence-corrected chi connectivity index (χ1v) is 10.1. The summed E-state index contributed by atoms with van der Waals surface area (Å²) in [7, 11) is 1.89. The van der Waals surface area contributed by atoms with Gasteiger partial charge >= 0.3 is 0 Å². The zero-order chi connectivity index (χ0) is 20.6. The molecule has 0 saturated carbocycles. The second kappa shape index (κ2) is 10.5. The van der Waals surface area contributed by atoms with Gasteiger partial charge in [-0.1, -0.05) is 42.5 Å². The van der Waals surface area contributed by atoms with Crippen LogP contribution in [0.4, 0.5) is 4.39 Å². The van der Waals surface area contributed by atoms with Gasteiger partial charge in [-0.05, 0) is 37.2 Å². The monoisotopic (exact) mass is 399 g/mol. The van der Waals surface area contributed by atoms with Gasteiger partial charge in [0.05, 0.1) is 25.8 Å². The van der Waals surface area contributed by atoms with E-state index in [2.05, 4.69) is 29.3 Å². The maximum atomic E-state index is 13.1. The highest BCUT2D eigenvalue weighted by Crippen LogP contribution is 2.25. The third kappa shape index (κ3) is 6.35. The Morgan fingerprint density at radius 2 is 1.79 bits per heavy atom. The number of nitrogens with one attached hydrogen (secondary N) is 1. The molecule has 1 N–H and O–H groups in total. The lowest BCUT2D eigenvalue weighted by Crippen LogP contribution is -2.49. The molecule has 2 aromatic carbocycles. The van der Waals surface area contributed by atoms with Crippen molar-refractivity contribution < 1.29 is 13.9 Å². The third-order valence-electron chi connectivity index (χ3n) is 5.22. The van der Waals surface area contributed by atoms with E-state index in [1.165, 1.54) is 17.7 Å². The molecule has 0 aromatic heterocycles. The second-order valence-electron chi connectivity index (χ2n) is 7.66. The Morgan fingerprint density at radius 1 is 1.14 bits per heavy atom. The lowest BCUT2D eigenvalue weighted by Gasteiger charge is -2.38. The highest BCUT2D eigenvalue weighted by atomic mass is 19.1. The fourth-order valence-electron chi connectivity index (χ4n) is 3.90. The van der Waals surface area contributed by atoms with E-state index in [4.69, 9.17) is 4.74 Å². The zero-order valence-corrected chi connectivity index (χ0v) is 17.2. The highest BCUT2D eigenvalue weighted by molar-refractivity contribution is 5.78. The molecule has 6 heteroatoms. The number of ether oxygens (including phenoxy) is 1. The highest BCUT2D eigenvalue weighted by Gasteiger charge is 2.28. The first-order chi connectivity index (χ1) is 14.0. The SMILES string of the molecule is C[C@H](NC(=O)CN(C)Cc1ccc(F)cc1)[C@H](c1ccccc1)N1CCOCC1. The summed E-state index contributed by atoms with van der Waals surface area (Å²) in [6, 6.07) is 16.7.